The third kappa shape index (κ3) is 2.04. The van der Waals surface area contributed by atoms with Crippen LogP contribution in [0.3, 0.4) is 0 Å². The molecule has 0 amide bonds. The number of aryl methyl sites for hydroxylation is 1. The summed E-state index contributed by atoms with van der Waals surface area (Å²) in [5, 5.41) is 0.678. The SMILES string of the molecule is Cc1ccc2nc(-c3ccc(Cl)cc3Br)oc2c1. The van der Waals surface area contributed by atoms with Crippen molar-refractivity contribution < 1.29 is 4.42 Å². The molecule has 4 heteroatoms. The molecular formula is C14H9BrClNO. The second-order valence-corrected chi connectivity index (χ2v) is 5.41. The second-order valence-electron chi connectivity index (χ2n) is 4.11. The van der Waals surface area contributed by atoms with Crippen LogP contribution in [0.2, 0.25) is 5.02 Å². The molecule has 3 aromatic rings. The molecule has 0 radical (unpaired) electrons. The van der Waals surface area contributed by atoms with Crippen LogP contribution in [-0.2, 0) is 0 Å². The summed E-state index contributed by atoms with van der Waals surface area (Å²) in [7, 11) is 0. The van der Waals surface area contributed by atoms with Gasteiger partial charge in [0.2, 0.25) is 5.89 Å². The Hall–Kier alpha value is -1.32. The number of oxazole rings is 1. The van der Waals surface area contributed by atoms with Gasteiger partial charge in [0.25, 0.3) is 0 Å². The standard InChI is InChI=1S/C14H9BrClNO/c1-8-2-5-12-13(6-8)18-14(17-12)10-4-3-9(16)7-11(10)15/h2-7H,1H3. The van der Waals surface area contributed by atoms with Gasteiger partial charge in [-0.2, -0.15) is 0 Å². The number of hydrogen-bond donors (Lipinski definition) is 0. The maximum absolute atomic E-state index is 5.92. The summed E-state index contributed by atoms with van der Waals surface area (Å²) >= 11 is 9.39. The van der Waals surface area contributed by atoms with Crippen molar-refractivity contribution in [3.63, 3.8) is 0 Å². The van der Waals surface area contributed by atoms with Gasteiger partial charge >= 0.3 is 0 Å². The fourth-order valence-electron chi connectivity index (χ4n) is 1.81. The van der Waals surface area contributed by atoms with Crippen LogP contribution in [0.25, 0.3) is 22.6 Å². The molecule has 2 aromatic carbocycles. The zero-order valence-electron chi connectivity index (χ0n) is 9.58. The Kier molecular flexibility index (Phi) is 2.88. The topological polar surface area (TPSA) is 26.0 Å². The zero-order chi connectivity index (χ0) is 12.7. The Balaban J connectivity index is 2.19. The Morgan fingerprint density at radius 2 is 2.00 bits per heavy atom. The highest BCUT2D eigenvalue weighted by Gasteiger charge is 2.11. The molecule has 90 valence electrons. The minimum absolute atomic E-state index is 0.596. The van der Waals surface area contributed by atoms with Crippen molar-refractivity contribution in [3.8, 4) is 11.5 Å². The molecule has 2 nitrogen and oxygen atoms in total. The van der Waals surface area contributed by atoms with Gasteiger partial charge in [0.15, 0.2) is 5.58 Å². The van der Waals surface area contributed by atoms with E-state index in [-0.39, 0.29) is 0 Å². The molecule has 0 fully saturated rings. The summed E-state index contributed by atoms with van der Waals surface area (Å²) in [4.78, 5) is 4.47. The first-order chi connectivity index (χ1) is 8.63. The van der Waals surface area contributed by atoms with Crippen molar-refractivity contribution in [2.75, 3.05) is 0 Å². The number of benzene rings is 2. The van der Waals surface area contributed by atoms with E-state index < -0.39 is 0 Å². The first-order valence-electron chi connectivity index (χ1n) is 5.46. The molecule has 3 rings (SSSR count). The summed E-state index contributed by atoms with van der Waals surface area (Å²) in [6, 6.07) is 11.5. The molecule has 0 saturated carbocycles. The van der Waals surface area contributed by atoms with Crippen LogP contribution in [0.1, 0.15) is 5.56 Å². The molecule has 0 saturated heterocycles. The number of hydrogen-bond acceptors (Lipinski definition) is 2. The Bertz CT molecular complexity index is 736. The highest BCUT2D eigenvalue weighted by Crippen LogP contribution is 2.32. The first-order valence-corrected chi connectivity index (χ1v) is 6.63. The van der Waals surface area contributed by atoms with Gasteiger partial charge in [0, 0.05) is 9.50 Å². The van der Waals surface area contributed by atoms with E-state index in [2.05, 4.69) is 20.9 Å². The monoisotopic (exact) mass is 321 g/mol. The summed E-state index contributed by atoms with van der Waals surface area (Å²) in [5.41, 5.74) is 3.71. The lowest BCUT2D eigenvalue weighted by Crippen LogP contribution is -1.79. The summed E-state index contributed by atoms with van der Waals surface area (Å²) in [6.07, 6.45) is 0. The number of nitrogens with zero attached hydrogens (tertiary/aromatic N) is 1. The van der Waals surface area contributed by atoms with Crippen molar-refractivity contribution in [2.24, 2.45) is 0 Å². The minimum Gasteiger partial charge on any atom is -0.436 e. The van der Waals surface area contributed by atoms with Crippen LogP contribution in [0.5, 0.6) is 0 Å². The Labute approximate surface area is 118 Å². The van der Waals surface area contributed by atoms with Gasteiger partial charge in [-0.15, -0.1) is 0 Å². The van der Waals surface area contributed by atoms with Gasteiger partial charge in [0.1, 0.15) is 5.52 Å². The van der Waals surface area contributed by atoms with Crippen LogP contribution >= 0.6 is 27.5 Å². The predicted molar refractivity (Wildman–Crippen MR) is 76.9 cm³/mol. The van der Waals surface area contributed by atoms with Crippen LogP contribution in [0, 0.1) is 6.92 Å². The molecule has 0 bridgehead atoms. The van der Waals surface area contributed by atoms with E-state index in [1.54, 1.807) is 0 Å². The van der Waals surface area contributed by atoms with Gasteiger partial charge < -0.3 is 4.42 Å². The van der Waals surface area contributed by atoms with Crippen molar-refractivity contribution in [1.29, 1.82) is 0 Å². The largest absolute Gasteiger partial charge is 0.436 e. The maximum Gasteiger partial charge on any atom is 0.228 e. The van der Waals surface area contributed by atoms with E-state index in [1.165, 1.54) is 0 Å². The third-order valence-electron chi connectivity index (χ3n) is 2.71. The molecule has 0 aliphatic rings. The molecule has 0 aliphatic heterocycles. The highest BCUT2D eigenvalue weighted by atomic mass is 79.9. The van der Waals surface area contributed by atoms with Crippen LogP contribution < -0.4 is 0 Å². The van der Waals surface area contributed by atoms with Gasteiger partial charge in [-0.3, -0.25) is 0 Å². The van der Waals surface area contributed by atoms with E-state index in [4.69, 9.17) is 16.0 Å². The molecule has 0 unspecified atom stereocenters. The molecule has 0 atom stereocenters. The third-order valence-corrected chi connectivity index (χ3v) is 3.60. The lowest BCUT2D eigenvalue weighted by Gasteiger charge is -1.99. The smallest absolute Gasteiger partial charge is 0.228 e. The number of halogens is 2. The number of fused-ring (bicyclic) bond motifs is 1. The molecule has 0 spiro atoms. The van der Waals surface area contributed by atoms with Crippen LogP contribution in [0.4, 0.5) is 0 Å². The summed E-state index contributed by atoms with van der Waals surface area (Å²) in [6.45, 7) is 2.03. The molecule has 18 heavy (non-hydrogen) atoms. The van der Waals surface area contributed by atoms with E-state index in [0.29, 0.717) is 10.9 Å². The van der Waals surface area contributed by atoms with Gasteiger partial charge in [-0.05, 0) is 58.7 Å². The quantitative estimate of drug-likeness (QED) is 0.614. The minimum atomic E-state index is 0.596. The van der Waals surface area contributed by atoms with E-state index in [9.17, 15) is 0 Å². The average molecular weight is 323 g/mol. The fourth-order valence-corrected chi connectivity index (χ4v) is 2.66. The van der Waals surface area contributed by atoms with Crippen molar-refractivity contribution in [3.05, 3.63) is 51.5 Å². The summed E-state index contributed by atoms with van der Waals surface area (Å²) < 4.78 is 6.64. The van der Waals surface area contributed by atoms with Gasteiger partial charge in [-0.1, -0.05) is 17.7 Å². The molecule has 1 aromatic heterocycles. The van der Waals surface area contributed by atoms with Crippen molar-refractivity contribution in [2.45, 2.75) is 6.92 Å². The van der Waals surface area contributed by atoms with Crippen molar-refractivity contribution >= 4 is 38.6 Å². The number of rotatable bonds is 1. The molecular weight excluding hydrogens is 314 g/mol. The molecule has 0 aliphatic carbocycles. The normalized spacial score (nSPS) is 11.1. The fraction of sp³-hybridized carbons (Fsp3) is 0.0714. The molecule has 0 N–H and O–H groups in total. The predicted octanol–water partition coefficient (Wildman–Crippen LogP) is 5.22. The van der Waals surface area contributed by atoms with Gasteiger partial charge in [0.05, 0.1) is 5.56 Å². The van der Waals surface area contributed by atoms with E-state index >= 15 is 0 Å². The first kappa shape index (κ1) is 11.8. The Morgan fingerprint density at radius 3 is 2.78 bits per heavy atom. The second kappa shape index (κ2) is 4.41. The average Bonchev–Trinajstić information content (AvgIpc) is 2.71. The highest BCUT2D eigenvalue weighted by molar-refractivity contribution is 9.10. The van der Waals surface area contributed by atoms with Crippen molar-refractivity contribution in [1.82, 2.24) is 4.98 Å². The maximum atomic E-state index is 5.92. The summed E-state index contributed by atoms with van der Waals surface area (Å²) in [5.74, 6) is 0.596. The zero-order valence-corrected chi connectivity index (χ0v) is 11.9. The van der Waals surface area contributed by atoms with E-state index in [1.807, 2.05) is 43.3 Å². The van der Waals surface area contributed by atoms with E-state index in [0.717, 1.165) is 26.7 Å². The Morgan fingerprint density at radius 1 is 1.17 bits per heavy atom. The van der Waals surface area contributed by atoms with Crippen LogP contribution in [0.15, 0.2) is 45.3 Å². The lowest BCUT2D eigenvalue weighted by atomic mass is 10.2. The van der Waals surface area contributed by atoms with Gasteiger partial charge in [-0.25, -0.2) is 4.98 Å². The van der Waals surface area contributed by atoms with Crippen LogP contribution in [-0.4, -0.2) is 4.98 Å². The molecule has 1 heterocycles. The number of aromatic nitrogens is 1. The lowest BCUT2D eigenvalue weighted by molar-refractivity contribution is 0.619.